The zero-order valence-corrected chi connectivity index (χ0v) is 10.2. The molecule has 0 aliphatic carbocycles. The van der Waals surface area contributed by atoms with Crippen LogP contribution in [0, 0.1) is 5.82 Å². The fourth-order valence-electron chi connectivity index (χ4n) is 1.04. The van der Waals surface area contributed by atoms with E-state index in [1.165, 1.54) is 19.1 Å². The van der Waals surface area contributed by atoms with E-state index in [2.05, 4.69) is 4.83 Å². The smallest absolute Gasteiger partial charge is 0.254 e. The van der Waals surface area contributed by atoms with Gasteiger partial charge < -0.3 is 5.73 Å². The Morgan fingerprint density at radius 1 is 1.44 bits per heavy atom. The van der Waals surface area contributed by atoms with E-state index < -0.39 is 15.8 Å². The van der Waals surface area contributed by atoms with Crippen LogP contribution in [0.5, 0.6) is 0 Å². The first kappa shape index (κ1) is 13.2. The van der Waals surface area contributed by atoms with E-state index in [1.807, 2.05) is 0 Å². The lowest BCUT2D eigenvalue weighted by molar-refractivity contribution is 0.364. The highest BCUT2D eigenvalue weighted by atomic mass is 35.5. The number of hydrogen-bond donors (Lipinski definition) is 2. The van der Waals surface area contributed by atoms with E-state index in [1.54, 1.807) is 0 Å². The normalized spacial score (nSPS) is 12.1. The molecule has 0 aliphatic heterocycles. The minimum Gasteiger partial charge on any atom is -0.396 e. The first-order valence-corrected chi connectivity index (χ1v) is 6.04. The number of nitrogens with one attached hydrogen (secondary N) is 1. The molecule has 0 bridgehead atoms. The second-order valence-corrected chi connectivity index (χ2v) is 5.33. The Hall–Kier alpha value is -0.890. The van der Waals surface area contributed by atoms with Crippen LogP contribution >= 0.6 is 11.6 Å². The standard InChI is InChI=1S/C8H11ClFN3O2S/c1-13(2)12-16(14,15)8-4-7(11)6(10)3-5(8)9/h3-4,12H,11H2,1-2H3. The van der Waals surface area contributed by atoms with Gasteiger partial charge in [0, 0.05) is 14.1 Å². The maximum Gasteiger partial charge on any atom is 0.254 e. The lowest BCUT2D eigenvalue weighted by atomic mass is 10.3. The zero-order valence-electron chi connectivity index (χ0n) is 8.66. The summed E-state index contributed by atoms with van der Waals surface area (Å²) in [7, 11) is -0.835. The Bertz CT molecular complexity index is 504. The van der Waals surface area contributed by atoms with Crippen molar-refractivity contribution in [3.05, 3.63) is 23.0 Å². The van der Waals surface area contributed by atoms with Gasteiger partial charge >= 0.3 is 0 Å². The van der Waals surface area contributed by atoms with Crippen molar-refractivity contribution in [2.75, 3.05) is 19.8 Å². The number of rotatable bonds is 3. The van der Waals surface area contributed by atoms with Crippen LogP contribution in [0.2, 0.25) is 5.02 Å². The van der Waals surface area contributed by atoms with Crippen LogP contribution in [0.1, 0.15) is 0 Å². The topological polar surface area (TPSA) is 75.4 Å². The molecule has 0 radical (unpaired) electrons. The quantitative estimate of drug-likeness (QED) is 0.628. The molecular weight excluding hydrogens is 257 g/mol. The summed E-state index contributed by atoms with van der Waals surface area (Å²) in [5, 5.41) is 1.01. The van der Waals surface area contributed by atoms with Gasteiger partial charge in [0.05, 0.1) is 10.7 Å². The van der Waals surface area contributed by atoms with Gasteiger partial charge in [0.1, 0.15) is 10.7 Å². The van der Waals surface area contributed by atoms with Gasteiger partial charge in [-0.05, 0) is 12.1 Å². The molecule has 0 unspecified atom stereocenters. The molecule has 16 heavy (non-hydrogen) atoms. The third-order valence-corrected chi connectivity index (χ3v) is 3.59. The average molecular weight is 268 g/mol. The van der Waals surface area contributed by atoms with Crippen LogP contribution in [-0.2, 0) is 10.0 Å². The number of nitrogens with zero attached hydrogens (tertiary/aromatic N) is 1. The summed E-state index contributed by atoms with van der Waals surface area (Å²) < 4.78 is 36.4. The SMILES string of the molecule is CN(C)NS(=O)(=O)c1cc(N)c(F)cc1Cl. The van der Waals surface area contributed by atoms with E-state index in [0.29, 0.717) is 0 Å². The predicted octanol–water partition coefficient (Wildman–Crippen LogP) is 0.816. The molecule has 0 saturated carbocycles. The van der Waals surface area contributed by atoms with Gasteiger partial charge in [0.25, 0.3) is 10.0 Å². The molecule has 3 N–H and O–H groups in total. The Kier molecular flexibility index (Phi) is 3.74. The van der Waals surface area contributed by atoms with Crippen LogP contribution in [-0.4, -0.2) is 27.5 Å². The molecule has 0 spiro atoms. The fourth-order valence-corrected chi connectivity index (χ4v) is 2.67. The van der Waals surface area contributed by atoms with Crippen molar-refractivity contribution in [2.24, 2.45) is 0 Å². The Morgan fingerprint density at radius 2 is 2.00 bits per heavy atom. The third-order valence-electron chi connectivity index (χ3n) is 1.64. The van der Waals surface area contributed by atoms with Gasteiger partial charge in [0.2, 0.25) is 0 Å². The number of halogens is 2. The molecule has 0 heterocycles. The predicted molar refractivity (Wildman–Crippen MR) is 59.8 cm³/mol. The minimum absolute atomic E-state index is 0.221. The van der Waals surface area contributed by atoms with Crippen LogP contribution in [0.15, 0.2) is 17.0 Å². The van der Waals surface area contributed by atoms with Crippen LogP contribution < -0.4 is 10.6 Å². The van der Waals surface area contributed by atoms with Gasteiger partial charge in [-0.3, -0.25) is 0 Å². The molecule has 0 amide bonds. The third kappa shape index (κ3) is 2.82. The largest absolute Gasteiger partial charge is 0.396 e. The van der Waals surface area contributed by atoms with Crippen molar-refractivity contribution in [2.45, 2.75) is 4.90 Å². The molecule has 0 aliphatic rings. The number of hydrogen-bond acceptors (Lipinski definition) is 4. The van der Waals surface area contributed by atoms with Gasteiger partial charge in [0.15, 0.2) is 0 Å². The molecular formula is C8H11ClFN3O2S. The van der Waals surface area contributed by atoms with Crippen molar-refractivity contribution in [1.82, 2.24) is 9.84 Å². The Labute approximate surface area is 98.0 Å². The van der Waals surface area contributed by atoms with Gasteiger partial charge in [-0.1, -0.05) is 11.6 Å². The second-order valence-electron chi connectivity index (χ2n) is 3.29. The zero-order chi connectivity index (χ0) is 12.5. The number of nitrogen functional groups attached to an aromatic ring is 1. The molecule has 90 valence electrons. The summed E-state index contributed by atoms with van der Waals surface area (Å²) in [6.07, 6.45) is 0. The number of anilines is 1. The minimum atomic E-state index is -3.83. The average Bonchev–Trinajstić information content (AvgIpc) is 2.08. The highest BCUT2D eigenvalue weighted by molar-refractivity contribution is 7.89. The Morgan fingerprint density at radius 3 is 2.50 bits per heavy atom. The molecule has 1 aromatic carbocycles. The lowest BCUT2D eigenvalue weighted by Crippen LogP contribution is -2.36. The summed E-state index contributed by atoms with van der Waals surface area (Å²) in [5.74, 6) is -0.756. The van der Waals surface area contributed by atoms with Crippen molar-refractivity contribution in [3.63, 3.8) is 0 Å². The molecule has 1 rings (SSSR count). The first-order valence-electron chi connectivity index (χ1n) is 4.18. The number of nitrogens with two attached hydrogens (primary N) is 1. The highest BCUT2D eigenvalue weighted by Crippen LogP contribution is 2.26. The lowest BCUT2D eigenvalue weighted by Gasteiger charge is -2.13. The summed E-state index contributed by atoms with van der Waals surface area (Å²) in [6, 6.07) is 1.84. The van der Waals surface area contributed by atoms with Crippen molar-refractivity contribution in [3.8, 4) is 0 Å². The summed E-state index contributed by atoms with van der Waals surface area (Å²) in [6.45, 7) is 0. The van der Waals surface area contributed by atoms with Crippen LogP contribution in [0.3, 0.4) is 0 Å². The van der Waals surface area contributed by atoms with Crippen molar-refractivity contribution in [1.29, 1.82) is 0 Å². The van der Waals surface area contributed by atoms with Gasteiger partial charge in [-0.2, -0.15) is 0 Å². The summed E-state index contributed by atoms with van der Waals surface area (Å²) in [5.41, 5.74) is 5.00. The van der Waals surface area contributed by atoms with E-state index in [4.69, 9.17) is 17.3 Å². The van der Waals surface area contributed by atoms with Crippen molar-refractivity contribution < 1.29 is 12.8 Å². The van der Waals surface area contributed by atoms with Gasteiger partial charge in [-0.25, -0.2) is 17.8 Å². The maximum atomic E-state index is 13.0. The number of benzene rings is 1. The first-order chi connectivity index (χ1) is 7.24. The van der Waals surface area contributed by atoms with E-state index in [0.717, 1.165) is 12.1 Å². The van der Waals surface area contributed by atoms with E-state index in [9.17, 15) is 12.8 Å². The highest BCUT2D eigenvalue weighted by Gasteiger charge is 2.20. The Balaban J connectivity index is 3.29. The monoisotopic (exact) mass is 267 g/mol. The molecule has 0 atom stereocenters. The summed E-state index contributed by atoms with van der Waals surface area (Å²) >= 11 is 5.64. The number of sulfonamides is 1. The molecule has 1 aromatic rings. The van der Waals surface area contributed by atoms with Gasteiger partial charge in [-0.15, -0.1) is 4.83 Å². The fraction of sp³-hybridized carbons (Fsp3) is 0.250. The van der Waals surface area contributed by atoms with Crippen LogP contribution in [0.25, 0.3) is 0 Å². The summed E-state index contributed by atoms with van der Waals surface area (Å²) in [4.78, 5) is 1.90. The van der Waals surface area contributed by atoms with Crippen LogP contribution in [0.4, 0.5) is 10.1 Å². The molecule has 8 heteroatoms. The maximum absolute atomic E-state index is 13.0. The molecule has 0 fully saturated rings. The van der Waals surface area contributed by atoms with E-state index in [-0.39, 0.29) is 15.6 Å². The number of hydrazine groups is 1. The molecule has 0 saturated heterocycles. The second kappa shape index (κ2) is 4.54. The van der Waals surface area contributed by atoms with E-state index >= 15 is 0 Å². The molecule has 0 aromatic heterocycles. The van der Waals surface area contributed by atoms with Crippen molar-refractivity contribution >= 4 is 27.3 Å². The molecule has 5 nitrogen and oxygen atoms in total.